The highest BCUT2D eigenvalue weighted by molar-refractivity contribution is 7.07. The molecule has 0 bridgehead atoms. The maximum absolute atomic E-state index is 13.8. The summed E-state index contributed by atoms with van der Waals surface area (Å²) in [6, 6.07) is 7.41. The van der Waals surface area contributed by atoms with Gasteiger partial charge in [-0.1, -0.05) is 35.1 Å². The van der Waals surface area contributed by atoms with Gasteiger partial charge in [0, 0.05) is 29.7 Å². The van der Waals surface area contributed by atoms with Crippen LogP contribution in [0.4, 0.5) is 11.4 Å². The summed E-state index contributed by atoms with van der Waals surface area (Å²) in [7, 11) is 0. The fourth-order valence-electron chi connectivity index (χ4n) is 4.36. The summed E-state index contributed by atoms with van der Waals surface area (Å²) in [6.07, 6.45) is 1.14. The fraction of sp³-hybridized carbons (Fsp3) is 0.240. The summed E-state index contributed by atoms with van der Waals surface area (Å²) < 4.78 is 1.34. The number of thiazole rings is 1. The van der Waals surface area contributed by atoms with E-state index in [-0.39, 0.29) is 20.8 Å². The average molecular weight is 572 g/mol. The number of hydrogen-bond donors (Lipinski definition) is 1. The number of phenolic OH excluding ortho intramolecular Hbond substituents is 1. The lowest BCUT2D eigenvalue weighted by Crippen LogP contribution is -2.43. The summed E-state index contributed by atoms with van der Waals surface area (Å²) in [5.41, 5.74) is -1.05. The van der Waals surface area contributed by atoms with Crippen molar-refractivity contribution in [3.63, 3.8) is 0 Å². The Kier molecular flexibility index (Phi) is 7.65. The van der Waals surface area contributed by atoms with Gasteiger partial charge >= 0.3 is 5.69 Å². The van der Waals surface area contributed by atoms with Gasteiger partial charge in [0.25, 0.3) is 17.2 Å². The highest BCUT2D eigenvalue weighted by Gasteiger charge is 2.34. The van der Waals surface area contributed by atoms with Crippen LogP contribution in [-0.4, -0.2) is 43.4 Å². The minimum atomic E-state index is -0.948. The molecule has 0 saturated carbocycles. The molecule has 2 aromatic carbocycles. The molecule has 12 nitrogen and oxygen atoms in total. The molecule has 3 aromatic rings. The van der Waals surface area contributed by atoms with Gasteiger partial charge in [0.05, 0.1) is 37.8 Å². The van der Waals surface area contributed by atoms with Gasteiger partial charge in [-0.25, -0.2) is 4.99 Å². The first-order valence-electron chi connectivity index (χ1n) is 11.7. The Bertz CT molecular complexity index is 1720. The van der Waals surface area contributed by atoms with Crippen molar-refractivity contribution in [1.82, 2.24) is 9.47 Å². The summed E-state index contributed by atoms with van der Waals surface area (Å²) in [5.74, 6) is -1.11. The maximum atomic E-state index is 13.8. The first-order chi connectivity index (χ1) is 18.5. The Hall–Kier alpha value is -4.36. The minimum absolute atomic E-state index is 0.00199. The normalized spacial score (nSPS) is 15.1. The van der Waals surface area contributed by atoms with Crippen LogP contribution >= 0.6 is 22.9 Å². The highest BCUT2D eigenvalue weighted by Crippen LogP contribution is 2.35. The van der Waals surface area contributed by atoms with Crippen LogP contribution in [0.15, 0.2) is 57.5 Å². The number of benzene rings is 2. The van der Waals surface area contributed by atoms with E-state index in [1.807, 2.05) is 13.8 Å². The largest absolute Gasteiger partial charge is 0.502 e. The van der Waals surface area contributed by atoms with E-state index in [9.17, 15) is 34.9 Å². The second kappa shape index (κ2) is 10.8. The van der Waals surface area contributed by atoms with Gasteiger partial charge in [-0.05, 0) is 44.5 Å². The van der Waals surface area contributed by atoms with Gasteiger partial charge in [-0.3, -0.25) is 34.4 Å². The number of phenols is 1. The molecule has 0 fully saturated rings. The molecule has 4 rings (SSSR count). The number of nitrogens with zero attached hydrogens (tertiary/aromatic N) is 5. The van der Waals surface area contributed by atoms with Crippen molar-refractivity contribution < 1.29 is 19.7 Å². The number of amides is 1. The predicted octanol–water partition coefficient (Wildman–Crippen LogP) is 3.28. The third-order valence-electron chi connectivity index (χ3n) is 6.29. The number of nitro groups is 2. The number of rotatable bonds is 7. The molecule has 0 aliphatic carbocycles. The number of carbonyl (C=O) groups excluding carboxylic acids is 1. The minimum Gasteiger partial charge on any atom is -0.502 e. The van der Waals surface area contributed by atoms with Crippen LogP contribution in [0.2, 0.25) is 5.02 Å². The summed E-state index contributed by atoms with van der Waals surface area (Å²) in [4.78, 5) is 54.7. The molecule has 1 aromatic heterocycles. The lowest BCUT2D eigenvalue weighted by molar-refractivity contribution is -0.394. The predicted molar refractivity (Wildman–Crippen MR) is 145 cm³/mol. The number of carbonyl (C=O) groups is 1. The molecule has 1 N–H and O–H groups in total. The smallest absolute Gasteiger partial charge is 0.318 e. The monoisotopic (exact) mass is 571 g/mol. The highest BCUT2D eigenvalue weighted by atomic mass is 35.5. The zero-order valence-corrected chi connectivity index (χ0v) is 22.5. The standard InChI is InChI=1S/C25H22ClN5O7S/c1-4-28(5-2)24(34)20-13(3)27-25-29(21(20)14-6-8-16(26)9-7-14)23(33)19(39-25)11-15-10-17(30(35)36)12-18(22(15)32)31(37)38/h6-12,21,32H,4-5H2,1-3H3/b19-11+/t21-/m1/s1. The Morgan fingerprint density at radius 2 is 1.82 bits per heavy atom. The number of halogens is 1. The van der Waals surface area contributed by atoms with Gasteiger partial charge in [0.1, 0.15) is 0 Å². The van der Waals surface area contributed by atoms with Gasteiger partial charge in [0.2, 0.25) is 5.75 Å². The zero-order valence-electron chi connectivity index (χ0n) is 21.0. The molecule has 0 radical (unpaired) electrons. The third-order valence-corrected chi connectivity index (χ3v) is 7.52. The molecule has 1 aliphatic rings. The van der Waals surface area contributed by atoms with Crippen molar-refractivity contribution in [3.8, 4) is 5.75 Å². The first-order valence-corrected chi connectivity index (χ1v) is 12.9. The number of fused-ring (bicyclic) bond motifs is 1. The molecule has 1 atom stereocenters. The van der Waals surface area contributed by atoms with Crippen LogP contribution in [0, 0.1) is 20.2 Å². The Morgan fingerprint density at radius 1 is 1.18 bits per heavy atom. The molecule has 202 valence electrons. The van der Waals surface area contributed by atoms with Gasteiger partial charge in [-0.15, -0.1) is 0 Å². The Labute approximate surface area is 229 Å². The van der Waals surface area contributed by atoms with Gasteiger partial charge in [0.15, 0.2) is 4.80 Å². The number of likely N-dealkylation sites (N-methyl/N-ethyl adjacent to an activating group) is 1. The number of aromatic hydroxyl groups is 1. The van der Waals surface area contributed by atoms with Crippen molar-refractivity contribution in [2.45, 2.75) is 26.8 Å². The molecule has 14 heteroatoms. The Morgan fingerprint density at radius 3 is 2.38 bits per heavy atom. The van der Waals surface area contributed by atoms with E-state index >= 15 is 0 Å². The number of nitro benzene ring substituents is 2. The van der Waals surface area contributed by atoms with E-state index in [1.165, 1.54) is 4.57 Å². The number of non-ortho nitro benzene ring substituents is 1. The van der Waals surface area contributed by atoms with Crippen LogP contribution in [0.25, 0.3) is 6.08 Å². The van der Waals surface area contributed by atoms with Crippen LogP contribution < -0.4 is 14.9 Å². The summed E-state index contributed by atoms with van der Waals surface area (Å²) in [6.45, 7) is 6.24. The molecule has 0 spiro atoms. The van der Waals surface area contributed by atoms with Crippen molar-refractivity contribution >= 4 is 46.3 Å². The summed E-state index contributed by atoms with van der Waals surface area (Å²) in [5, 5.41) is 33.6. The topological polar surface area (TPSA) is 161 Å². The first kappa shape index (κ1) is 27.7. The van der Waals surface area contributed by atoms with Crippen LogP contribution in [-0.2, 0) is 4.79 Å². The third kappa shape index (κ3) is 5.05. The maximum Gasteiger partial charge on any atom is 0.318 e. The number of hydrogen-bond acceptors (Lipinski definition) is 9. The van der Waals surface area contributed by atoms with Crippen LogP contribution in [0.1, 0.15) is 37.9 Å². The van der Waals surface area contributed by atoms with Crippen LogP contribution in [0.3, 0.4) is 0 Å². The quantitative estimate of drug-likeness (QED) is 0.336. The van der Waals surface area contributed by atoms with E-state index in [4.69, 9.17) is 11.6 Å². The molecular formula is C25H22ClN5O7S. The fourth-order valence-corrected chi connectivity index (χ4v) is 5.52. The zero-order chi connectivity index (χ0) is 28.6. The van der Waals surface area contributed by atoms with Gasteiger partial charge in [-0.2, -0.15) is 0 Å². The van der Waals surface area contributed by atoms with Gasteiger partial charge < -0.3 is 10.0 Å². The lowest BCUT2D eigenvalue weighted by Gasteiger charge is -2.29. The van der Waals surface area contributed by atoms with E-state index in [2.05, 4.69) is 4.99 Å². The molecule has 39 heavy (non-hydrogen) atoms. The molecular weight excluding hydrogens is 550 g/mol. The van der Waals surface area contributed by atoms with E-state index in [0.717, 1.165) is 23.5 Å². The number of allylic oxidation sites excluding steroid dienone is 1. The van der Waals surface area contributed by atoms with E-state index in [1.54, 1.807) is 36.1 Å². The lowest BCUT2D eigenvalue weighted by atomic mass is 9.94. The van der Waals surface area contributed by atoms with Crippen molar-refractivity contribution in [2.75, 3.05) is 13.1 Å². The molecule has 0 saturated heterocycles. The van der Waals surface area contributed by atoms with E-state index < -0.39 is 38.6 Å². The molecule has 2 heterocycles. The second-order valence-corrected chi connectivity index (χ2v) is 9.97. The second-order valence-electron chi connectivity index (χ2n) is 8.53. The molecule has 0 unspecified atom stereocenters. The van der Waals surface area contributed by atoms with E-state index in [0.29, 0.717) is 41.0 Å². The Balaban J connectivity index is 2.00. The molecule has 1 amide bonds. The van der Waals surface area contributed by atoms with Crippen molar-refractivity contribution in [1.29, 1.82) is 0 Å². The van der Waals surface area contributed by atoms with Crippen LogP contribution in [0.5, 0.6) is 5.75 Å². The summed E-state index contributed by atoms with van der Waals surface area (Å²) >= 11 is 7.01. The molecule has 1 aliphatic heterocycles. The van der Waals surface area contributed by atoms with Crippen molar-refractivity contribution in [3.05, 3.63) is 104 Å². The average Bonchev–Trinajstić information content (AvgIpc) is 3.19. The van der Waals surface area contributed by atoms with Crippen molar-refractivity contribution in [2.24, 2.45) is 4.99 Å². The number of aromatic nitrogens is 1. The SMILES string of the molecule is CCN(CC)C(=O)C1=C(C)N=c2s/c(=C/c3cc([N+](=O)[O-])cc([N+](=O)[O-])c3O)c(=O)n2[C@@H]1c1ccc(Cl)cc1.